The summed E-state index contributed by atoms with van der Waals surface area (Å²) < 4.78 is 18.2. The maximum atomic E-state index is 12.7. The summed E-state index contributed by atoms with van der Waals surface area (Å²) in [5.41, 5.74) is 0. The number of benzene rings is 1. The number of halogens is 1. The van der Waals surface area contributed by atoms with Crippen molar-refractivity contribution in [2.45, 2.75) is 32.8 Å². The maximum absolute atomic E-state index is 12.7. The average Bonchev–Trinajstić information content (AvgIpc) is 2.35. The number of carbonyl (C=O) groups is 1. The fourth-order valence-electron chi connectivity index (χ4n) is 1.36. The summed E-state index contributed by atoms with van der Waals surface area (Å²) in [5.74, 6) is 0.0596. The van der Waals surface area contributed by atoms with Gasteiger partial charge >= 0.3 is 0 Å². The van der Waals surface area contributed by atoms with Crippen LogP contribution in [0.25, 0.3) is 0 Å². The fourth-order valence-corrected chi connectivity index (χ4v) is 1.36. The van der Waals surface area contributed by atoms with E-state index in [0.717, 1.165) is 6.42 Å². The van der Waals surface area contributed by atoms with Crippen LogP contribution in [0.3, 0.4) is 0 Å². The zero-order chi connectivity index (χ0) is 12.7. The lowest BCUT2D eigenvalue weighted by Crippen LogP contribution is -2.38. The lowest BCUT2D eigenvalue weighted by molar-refractivity contribution is -0.128. The van der Waals surface area contributed by atoms with Crippen LogP contribution in [0.15, 0.2) is 24.3 Å². The van der Waals surface area contributed by atoms with Gasteiger partial charge < -0.3 is 10.1 Å². The van der Waals surface area contributed by atoms with Gasteiger partial charge in [-0.3, -0.25) is 4.79 Å². The molecule has 3 nitrogen and oxygen atoms in total. The number of rotatable bonds is 6. The number of nitrogens with one attached hydrogen (secondary N) is 1. The molecule has 1 N–H and O–H groups in total. The van der Waals surface area contributed by atoms with Gasteiger partial charge in [0.05, 0.1) is 0 Å². The minimum Gasteiger partial charge on any atom is -0.481 e. The van der Waals surface area contributed by atoms with Crippen LogP contribution in [-0.4, -0.2) is 18.6 Å². The second kappa shape index (κ2) is 6.89. The standard InChI is InChI=1S/C13H18FNO2/c1-3-9-15-13(16)12(4-2)17-11-7-5-10(14)6-8-11/h5-8,12H,3-4,9H2,1-2H3,(H,15,16)/t12-/m0/s1. The average molecular weight is 239 g/mol. The van der Waals surface area contributed by atoms with E-state index in [2.05, 4.69) is 5.32 Å². The van der Waals surface area contributed by atoms with Gasteiger partial charge in [-0.2, -0.15) is 0 Å². The molecule has 94 valence electrons. The maximum Gasteiger partial charge on any atom is 0.261 e. The van der Waals surface area contributed by atoms with Gasteiger partial charge in [-0.25, -0.2) is 4.39 Å². The molecule has 0 aliphatic carbocycles. The Kier molecular flexibility index (Phi) is 5.46. The highest BCUT2D eigenvalue weighted by molar-refractivity contribution is 5.81. The molecule has 1 atom stereocenters. The third-order valence-electron chi connectivity index (χ3n) is 2.30. The van der Waals surface area contributed by atoms with Crippen LogP contribution in [0.5, 0.6) is 5.75 Å². The Bertz CT molecular complexity index is 351. The van der Waals surface area contributed by atoms with Crippen molar-refractivity contribution in [2.24, 2.45) is 0 Å². The van der Waals surface area contributed by atoms with Crippen molar-refractivity contribution in [1.29, 1.82) is 0 Å². The van der Waals surface area contributed by atoms with Gasteiger partial charge in [-0.15, -0.1) is 0 Å². The highest BCUT2D eigenvalue weighted by atomic mass is 19.1. The van der Waals surface area contributed by atoms with Crippen molar-refractivity contribution in [3.63, 3.8) is 0 Å². The number of hydrogen-bond donors (Lipinski definition) is 1. The number of amides is 1. The Labute approximate surface area is 101 Å². The van der Waals surface area contributed by atoms with Crippen molar-refractivity contribution in [1.82, 2.24) is 5.32 Å². The van der Waals surface area contributed by atoms with Crippen LogP contribution in [0.2, 0.25) is 0 Å². The predicted octanol–water partition coefficient (Wildman–Crippen LogP) is 2.51. The Morgan fingerprint density at radius 3 is 2.53 bits per heavy atom. The molecule has 4 heteroatoms. The molecule has 1 rings (SSSR count). The molecule has 1 aromatic carbocycles. The van der Waals surface area contributed by atoms with Gasteiger partial charge in [-0.1, -0.05) is 13.8 Å². The Hall–Kier alpha value is -1.58. The van der Waals surface area contributed by atoms with E-state index in [4.69, 9.17) is 4.74 Å². The van der Waals surface area contributed by atoms with E-state index in [9.17, 15) is 9.18 Å². The predicted molar refractivity (Wildman–Crippen MR) is 64.4 cm³/mol. The van der Waals surface area contributed by atoms with Gasteiger partial charge in [0.2, 0.25) is 0 Å². The molecule has 0 aromatic heterocycles. The summed E-state index contributed by atoms with van der Waals surface area (Å²) in [4.78, 5) is 11.7. The van der Waals surface area contributed by atoms with Gasteiger partial charge in [-0.05, 0) is 37.1 Å². The van der Waals surface area contributed by atoms with Gasteiger partial charge in [0.1, 0.15) is 11.6 Å². The van der Waals surface area contributed by atoms with Gasteiger partial charge in [0.25, 0.3) is 5.91 Å². The molecule has 0 fully saturated rings. The molecule has 0 unspecified atom stereocenters. The minimum absolute atomic E-state index is 0.126. The fraction of sp³-hybridized carbons (Fsp3) is 0.462. The lowest BCUT2D eigenvalue weighted by atomic mass is 10.2. The highest BCUT2D eigenvalue weighted by Crippen LogP contribution is 2.14. The second-order valence-electron chi connectivity index (χ2n) is 3.76. The highest BCUT2D eigenvalue weighted by Gasteiger charge is 2.17. The first kappa shape index (κ1) is 13.5. The molecule has 0 radical (unpaired) electrons. The summed E-state index contributed by atoms with van der Waals surface area (Å²) in [6.07, 6.45) is 0.943. The van der Waals surface area contributed by atoms with Crippen molar-refractivity contribution >= 4 is 5.91 Å². The molecular formula is C13H18FNO2. The summed E-state index contributed by atoms with van der Waals surface area (Å²) in [7, 11) is 0. The number of ether oxygens (including phenoxy) is 1. The summed E-state index contributed by atoms with van der Waals surface area (Å²) in [5, 5.41) is 2.78. The van der Waals surface area contributed by atoms with Crippen LogP contribution in [-0.2, 0) is 4.79 Å². The van der Waals surface area contributed by atoms with Crippen LogP contribution < -0.4 is 10.1 Å². The van der Waals surface area contributed by atoms with E-state index >= 15 is 0 Å². The van der Waals surface area contributed by atoms with Crippen LogP contribution in [0.1, 0.15) is 26.7 Å². The third-order valence-corrected chi connectivity index (χ3v) is 2.30. The molecule has 0 aliphatic rings. The quantitative estimate of drug-likeness (QED) is 0.828. The zero-order valence-electron chi connectivity index (χ0n) is 10.2. The molecule has 1 aromatic rings. The van der Waals surface area contributed by atoms with Crippen molar-refractivity contribution < 1.29 is 13.9 Å². The van der Waals surface area contributed by atoms with Crippen LogP contribution >= 0.6 is 0 Å². The molecule has 0 aliphatic heterocycles. The molecule has 0 bridgehead atoms. The summed E-state index contributed by atoms with van der Waals surface area (Å²) >= 11 is 0. The molecule has 1 amide bonds. The van der Waals surface area contributed by atoms with Crippen molar-refractivity contribution in [3.8, 4) is 5.75 Å². The normalized spacial score (nSPS) is 11.9. The second-order valence-corrected chi connectivity index (χ2v) is 3.76. The van der Waals surface area contributed by atoms with E-state index < -0.39 is 6.10 Å². The first-order valence-electron chi connectivity index (χ1n) is 5.87. The Balaban J connectivity index is 2.57. The SMILES string of the molecule is CCCNC(=O)[C@H](CC)Oc1ccc(F)cc1. The van der Waals surface area contributed by atoms with Gasteiger partial charge in [0, 0.05) is 6.54 Å². The largest absolute Gasteiger partial charge is 0.481 e. The molecular weight excluding hydrogens is 221 g/mol. The van der Waals surface area contributed by atoms with E-state index in [0.29, 0.717) is 18.7 Å². The zero-order valence-corrected chi connectivity index (χ0v) is 10.2. The molecule has 0 saturated heterocycles. The minimum atomic E-state index is -0.521. The van der Waals surface area contributed by atoms with E-state index in [1.807, 2.05) is 13.8 Å². The number of hydrogen-bond acceptors (Lipinski definition) is 2. The summed E-state index contributed by atoms with van der Waals surface area (Å²) in [6.45, 7) is 4.50. The Morgan fingerprint density at radius 2 is 2.00 bits per heavy atom. The molecule has 17 heavy (non-hydrogen) atoms. The topological polar surface area (TPSA) is 38.3 Å². The van der Waals surface area contributed by atoms with Gasteiger partial charge in [0.15, 0.2) is 6.10 Å². The number of carbonyl (C=O) groups excluding carboxylic acids is 1. The van der Waals surface area contributed by atoms with Crippen LogP contribution in [0, 0.1) is 5.82 Å². The first-order valence-corrected chi connectivity index (χ1v) is 5.87. The van der Waals surface area contributed by atoms with E-state index in [1.54, 1.807) is 0 Å². The third kappa shape index (κ3) is 4.43. The Morgan fingerprint density at radius 1 is 1.35 bits per heavy atom. The molecule has 0 saturated carbocycles. The first-order chi connectivity index (χ1) is 8.17. The van der Waals surface area contributed by atoms with Crippen molar-refractivity contribution in [2.75, 3.05) is 6.54 Å². The monoisotopic (exact) mass is 239 g/mol. The molecule has 0 heterocycles. The molecule has 0 spiro atoms. The van der Waals surface area contributed by atoms with E-state index in [1.165, 1.54) is 24.3 Å². The van der Waals surface area contributed by atoms with E-state index in [-0.39, 0.29) is 11.7 Å². The van der Waals surface area contributed by atoms with Crippen LogP contribution in [0.4, 0.5) is 4.39 Å². The lowest BCUT2D eigenvalue weighted by Gasteiger charge is -2.16. The summed E-state index contributed by atoms with van der Waals surface area (Å²) in [6, 6.07) is 5.66. The smallest absolute Gasteiger partial charge is 0.261 e. The van der Waals surface area contributed by atoms with Crippen molar-refractivity contribution in [3.05, 3.63) is 30.1 Å².